The first kappa shape index (κ1) is 18.5. The zero-order valence-corrected chi connectivity index (χ0v) is 15.0. The number of nitrogens with one attached hydrogen (secondary N) is 1. The van der Waals surface area contributed by atoms with E-state index in [0.717, 1.165) is 32.2 Å². The van der Waals surface area contributed by atoms with Crippen molar-refractivity contribution in [1.29, 1.82) is 0 Å². The van der Waals surface area contributed by atoms with Crippen molar-refractivity contribution in [2.24, 2.45) is 0 Å². The fourth-order valence-electron chi connectivity index (χ4n) is 3.30. The predicted octanol–water partition coefficient (Wildman–Crippen LogP) is 3.86. The SMILES string of the molecule is O=Cc1ccc(C(=O)NCC(c2c(F)cccc2Cl)N2CCCC2)cc1. The molecule has 2 aromatic carbocycles. The summed E-state index contributed by atoms with van der Waals surface area (Å²) in [6, 6.07) is 10.7. The molecule has 3 rings (SSSR count). The summed E-state index contributed by atoms with van der Waals surface area (Å²) in [7, 11) is 0. The van der Waals surface area contributed by atoms with E-state index in [-0.39, 0.29) is 24.3 Å². The third-order valence-corrected chi connectivity index (χ3v) is 5.01. The van der Waals surface area contributed by atoms with Crippen LogP contribution in [0.1, 0.15) is 45.2 Å². The smallest absolute Gasteiger partial charge is 0.251 e. The maximum absolute atomic E-state index is 14.4. The lowest BCUT2D eigenvalue weighted by Gasteiger charge is -2.29. The van der Waals surface area contributed by atoms with Crippen LogP contribution in [-0.2, 0) is 0 Å². The molecule has 0 spiro atoms. The van der Waals surface area contributed by atoms with Gasteiger partial charge >= 0.3 is 0 Å². The maximum Gasteiger partial charge on any atom is 0.251 e. The number of carbonyl (C=O) groups excluding carboxylic acids is 2. The second-order valence-corrected chi connectivity index (χ2v) is 6.75. The Morgan fingerprint density at radius 2 is 1.88 bits per heavy atom. The zero-order valence-electron chi connectivity index (χ0n) is 14.3. The van der Waals surface area contributed by atoms with E-state index >= 15 is 0 Å². The summed E-state index contributed by atoms with van der Waals surface area (Å²) < 4.78 is 14.4. The van der Waals surface area contributed by atoms with Crippen LogP contribution in [0.3, 0.4) is 0 Å². The summed E-state index contributed by atoms with van der Waals surface area (Å²) >= 11 is 6.26. The van der Waals surface area contributed by atoms with Gasteiger partial charge in [-0.15, -0.1) is 0 Å². The van der Waals surface area contributed by atoms with Gasteiger partial charge in [0.25, 0.3) is 5.91 Å². The Kier molecular flexibility index (Phi) is 6.01. The van der Waals surface area contributed by atoms with Crippen LogP contribution >= 0.6 is 11.6 Å². The third kappa shape index (κ3) is 4.11. The van der Waals surface area contributed by atoms with Crippen LogP contribution in [0.5, 0.6) is 0 Å². The van der Waals surface area contributed by atoms with Gasteiger partial charge in [-0.2, -0.15) is 0 Å². The van der Waals surface area contributed by atoms with Crippen molar-refractivity contribution in [2.75, 3.05) is 19.6 Å². The Morgan fingerprint density at radius 3 is 2.50 bits per heavy atom. The number of halogens is 2. The molecule has 136 valence electrons. The molecule has 4 nitrogen and oxygen atoms in total. The minimum atomic E-state index is -0.362. The summed E-state index contributed by atoms with van der Waals surface area (Å²) in [6.45, 7) is 1.95. The summed E-state index contributed by atoms with van der Waals surface area (Å²) in [4.78, 5) is 25.3. The highest BCUT2D eigenvalue weighted by atomic mass is 35.5. The van der Waals surface area contributed by atoms with Crippen molar-refractivity contribution in [1.82, 2.24) is 10.2 Å². The van der Waals surface area contributed by atoms with E-state index in [2.05, 4.69) is 10.2 Å². The van der Waals surface area contributed by atoms with E-state index < -0.39 is 0 Å². The van der Waals surface area contributed by atoms with Crippen LogP contribution in [-0.4, -0.2) is 36.7 Å². The van der Waals surface area contributed by atoms with Crippen molar-refractivity contribution in [3.63, 3.8) is 0 Å². The molecule has 0 radical (unpaired) electrons. The number of amides is 1. The Hall–Kier alpha value is -2.24. The van der Waals surface area contributed by atoms with Gasteiger partial charge in [0.15, 0.2) is 0 Å². The number of aldehydes is 1. The summed E-state index contributed by atoms with van der Waals surface area (Å²) in [5.74, 6) is -0.627. The molecule has 0 bridgehead atoms. The lowest BCUT2D eigenvalue weighted by molar-refractivity contribution is 0.0936. The predicted molar refractivity (Wildman–Crippen MR) is 99.1 cm³/mol. The Morgan fingerprint density at radius 1 is 1.19 bits per heavy atom. The number of benzene rings is 2. The molecule has 0 saturated carbocycles. The van der Waals surface area contributed by atoms with E-state index in [1.807, 2.05) is 0 Å². The van der Waals surface area contributed by atoms with Gasteiger partial charge in [0.05, 0.1) is 6.04 Å². The van der Waals surface area contributed by atoms with E-state index in [9.17, 15) is 14.0 Å². The van der Waals surface area contributed by atoms with Crippen molar-refractivity contribution in [3.8, 4) is 0 Å². The van der Waals surface area contributed by atoms with Gasteiger partial charge in [0.2, 0.25) is 0 Å². The monoisotopic (exact) mass is 374 g/mol. The molecule has 1 fully saturated rings. The fourth-order valence-corrected chi connectivity index (χ4v) is 3.59. The molecule has 1 aliphatic heterocycles. The molecule has 1 saturated heterocycles. The van der Waals surface area contributed by atoms with E-state index in [1.54, 1.807) is 36.4 Å². The molecular weight excluding hydrogens is 355 g/mol. The van der Waals surface area contributed by atoms with E-state index in [4.69, 9.17) is 11.6 Å². The molecule has 1 amide bonds. The molecule has 0 aliphatic carbocycles. The molecular formula is C20H20ClFN2O2. The second-order valence-electron chi connectivity index (χ2n) is 6.34. The molecule has 2 aromatic rings. The average molecular weight is 375 g/mol. The third-order valence-electron chi connectivity index (χ3n) is 4.68. The lowest BCUT2D eigenvalue weighted by atomic mass is 10.0. The molecule has 1 N–H and O–H groups in total. The number of likely N-dealkylation sites (tertiary alicyclic amines) is 1. The molecule has 6 heteroatoms. The summed E-state index contributed by atoms with van der Waals surface area (Å²) in [6.07, 6.45) is 2.82. The van der Waals surface area contributed by atoms with Crippen molar-refractivity contribution in [3.05, 3.63) is 70.0 Å². The molecule has 1 unspecified atom stereocenters. The van der Waals surface area contributed by atoms with Crippen LogP contribution < -0.4 is 5.32 Å². The highest BCUT2D eigenvalue weighted by molar-refractivity contribution is 6.31. The molecule has 1 atom stereocenters. The van der Waals surface area contributed by atoms with Crippen molar-refractivity contribution in [2.45, 2.75) is 18.9 Å². The highest BCUT2D eigenvalue weighted by Gasteiger charge is 2.28. The van der Waals surface area contributed by atoms with Gasteiger partial charge in [0, 0.05) is 28.3 Å². The Bertz CT molecular complexity index is 769. The minimum Gasteiger partial charge on any atom is -0.350 e. The average Bonchev–Trinajstić information content (AvgIpc) is 3.18. The molecule has 0 aromatic heterocycles. The van der Waals surface area contributed by atoms with Gasteiger partial charge in [-0.3, -0.25) is 14.5 Å². The van der Waals surface area contributed by atoms with Gasteiger partial charge in [-0.1, -0.05) is 29.8 Å². The largest absolute Gasteiger partial charge is 0.350 e. The minimum absolute atomic E-state index is 0.259. The van der Waals surface area contributed by atoms with Crippen LogP contribution in [0.2, 0.25) is 5.02 Å². The Labute approximate surface area is 157 Å². The zero-order chi connectivity index (χ0) is 18.5. The quantitative estimate of drug-likeness (QED) is 0.781. The van der Waals surface area contributed by atoms with Gasteiger partial charge in [-0.05, 0) is 50.2 Å². The van der Waals surface area contributed by atoms with E-state index in [1.165, 1.54) is 6.07 Å². The van der Waals surface area contributed by atoms with Gasteiger partial charge in [0.1, 0.15) is 12.1 Å². The first-order valence-corrected chi connectivity index (χ1v) is 8.99. The molecule has 26 heavy (non-hydrogen) atoms. The van der Waals surface area contributed by atoms with Crippen molar-refractivity contribution >= 4 is 23.8 Å². The van der Waals surface area contributed by atoms with Crippen LogP contribution in [0.4, 0.5) is 4.39 Å². The first-order valence-electron chi connectivity index (χ1n) is 8.61. The highest BCUT2D eigenvalue weighted by Crippen LogP contribution is 2.32. The van der Waals surface area contributed by atoms with Crippen LogP contribution in [0, 0.1) is 5.82 Å². The summed E-state index contributed by atoms with van der Waals surface area (Å²) in [5.41, 5.74) is 1.39. The van der Waals surface area contributed by atoms with Gasteiger partial charge in [-0.25, -0.2) is 4.39 Å². The summed E-state index contributed by atoms with van der Waals surface area (Å²) in [5, 5.41) is 3.24. The van der Waals surface area contributed by atoms with Crippen LogP contribution in [0.25, 0.3) is 0 Å². The van der Waals surface area contributed by atoms with Gasteiger partial charge < -0.3 is 5.32 Å². The maximum atomic E-state index is 14.4. The lowest BCUT2D eigenvalue weighted by Crippen LogP contribution is -2.37. The number of nitrogens with zero attached hydrogens (tertiary/aromatic N) is 1. The standard InChI is InChI=1S/C20H20ClFN2O2/c21-16-4-3-5-17(22)19(16)18(24-10-1-2-11-24)12-23-20(26)15-8-6-14(13-25)7-9-15/h3-9,13,18H,1-2,10-12H2,(H,23,26). The fraction of sp³-hybridized carbons (Fsp3) is 0.300. The number of carbonyl (C=O) groups is 2. The Balaban J connectivity index is 1.77. The number of rotatable bonds is 6. The molecule has 1 heterocycles. The van der Waals surface area contributed by atoms with E-state index in [0.29, 0.717) is 21.7 Å². The number of hydrogen-bond acceptors (Lipinski definition) is 3. The van der Waals surface area contributed by atoms with Crippen LogP contribution in [0.15, 0.2) is 42.5 Å². The molecule has 1 aliphatic rings. The normalized spacial score (nSPS) is 15.6. The topological polar surface area (TPSA) is 49.4 Å². The first-order chi connectivity index (χ1) is 12.6. The van der Waals surface area contributed by atoms with Crippen molar-refractivity contribution < 1.29 is 14.0 Å². The number of hydrogen-bond donors (Lipinski definition) is 1. The second kappa shape index (κ2) is 8.43.